The molecule has 1 heterocycles. The molecule has 0 saturated heterocycles. The van der Waals surface area contributed by atoms with Crippen LogP contribution >= 0.6 is 0 Å². The van der Waals surface area contributed by atoms with Gasteiger partial charge in [0.15, 0.2) is 0 Å². The summed E-state index contributed by atoms with van der Waals surface area (Å²) in [4.78, 5) is 3.34. The van der Waals surface area contributed by atoms with Crippen molar-refractivity contribution in [2.45, 2.75) is 39.2 Å². The first kappa shape index (κ1) is 11.5. The average Bonchev–Trinajstić information content (AvgIpc) is 2.58. The van der Waals surface area contributed by atoms with E-state index in [0.717, 1.165) is 17.8 Å². The van der Waals surface area contributed by atoms with Crippen LogP contribution in [0.3, 0.4) is 0 Å². The summed E-state index contributed by atoms with van der Waals surface area (Å²) in [6, 6.07) is 8.40. The highest BCUT2D eigenvalue weighted by Gasteiger charge is 2.34. The fourth-order valence-electron chi connectivity index (χ4n) is 2.95. The van der Waals surface area contributed by atoms with Gasteiger partial charge in [0.05, 0.1) is 0 Å². The molecule has 2 heteroatoms. The quantitative estimate of drug-likeness (QED) is 0.831. The molecule has 94 valence electrons. The van der Waals surface area contributed by atoms with Crippen LogP contribution in [0, 0.1) is 20.8 Å². The Morgan fingerprint density at radius 1 is 1.17 bits per heavy atom. The molecule has 0 fully saturated rings. The van der Waals surface area contributed by atoms with Crippen LogP contribution < -0.4 is 0 Å². The minimum atomic E-state index is -0.410. The number of aryl methyl sites for hydroxylation is 1. The van der Waals surface area contributed by atoms with Crippen molar-refractivity contribution < 1.29 is 5.11 Å². The van der Waals surface area contributed by atoms with Crippen LogP contribution in [0.1, 0.15) is 45.7 Å². The second-order valence-electron chi connectivity index (χ2n) is 5.37. The maximum Gasteiger partial charge on any atom is 0.101 e. The van der Waals surface area contributed by atoms with Crippen LogP contribution in [0.25, 0.3) is 0 Å². The lowest BCUT2D eigenvalue weighted by Gasteiger charge is -2.33. The molecule has 0 radical (unpaired) electrons. The highest BCUT2D eigenvalue weighted by molar-refractivity contribution is 5.44. The predicted molar refractivity (Wildman–Crippen MR) is 72.9 cm³/mol. The van der Waals surface area contributed by atoms with E-state index in [0.29, 0.717) is 0 Å². The zero-order valence-electron chi connectivity index (χ0n) is 11.1. The summed E-state index contributed by atoms with van der Waals surface area (Å²) in [6.45, 7) is 6.25. The number of aromatic amines is 1. The Labute approximate surface area is 108 Å². The van der Waals surface area contributed by atoms with Gasteiger partial charge in [-0.1, -0.05) is 24.3 Å². The topological polar surface area (TPSA) is 36.0 Å². The van der Waals surface area contributed by atoms with E-state index in [1.165, 1.54) is 22.3 Å². The number of aromatic nitrogens is 1. The second-order valence-corrected chi connectivity index (χ2v) is 5.37. The van der Waals surface area contributed by atoms with Crippen molar-refractivity contribution in [3.05, 3.63) is 57.9 Å². The molecule has 2 unspecified atom stereocenters. The first-order valence-electron chi connectivity index (χ1n) is 6.51. The molecule has 0 amide bonds. The van der Waals surface area contributed by atoms with E-state index in [2.05, 4.69) is 50.0 Å². The third-order valence-corrected chi connectivity index (χ3v) is 4.42. The molecular formula is C16H19NO. The van der Waals surface area contributed by atoms with Gasteiger partial charge in [0.1, 0.15) is 6.10 Å². The largest absolute Gasteiger partial charge is 0.386 e. The Morgan fingerprint density at radius 2 is 1.89 bits per heavy atom. The number of H-pyrrole nitrogens is 1. The van der Waals surface area contributed by atoms with Gasteiger partial charge in [-0.15, -0.1) is 0 Å². The Hall–Kier alpha value is -1.54. The number of aliphatic hydroxyl groups is 1. The number of hydrogen-bond acceptors (Lipinski definition) is 1. The van der Waals surface area contributed by atoms with Gasteiger partial charge in [0.25, 0.3) is 0 Å². The lowest BCUT2D eigenvalue weighted by molar-refractivity contribution is 0.130. The summed E-state index contributed by atoms with van der Waals surface area (Å²) in [6.07, 6.45) is 0.570. The minimum absolute atomic E-state index is 0.248. The van der Waals surface area contributed by atoms with Crippen molar-refractivity contribution in [3.63, 3.8) is 0 Å². The summed E-state index contributed by atoms with van der Waals surface area (Å²) < 4.78 is 0. The van der Waals surface area contributed by atoms with Crippen molar-refractivity contribution in [2.75, 3.05) is 0 Å². The second kappa shape index (κ2) is 3.99. The lowest BCUT2D eigenvalue weighted by Crippen LogP contribution is -2.24. The standard InChI is InChI=1S/C16H19NO/c1-9-10(2)15(17-11(9)3)16(18)14-8-12-6-4-5-7-13(12)14/h4-7,14,16-18H,8H2,1-3H3. The number of aliphatic hydroxyl groups excluding tert-OH is 1. The first-order valence-corrected chi connectivity index (χ1v) is 6.51. The van der Waals surface area contributed by atoms with Crippen LogP contribution in [0.2, 0.25) is 0 Å². The predicted octanol–water partition coefficient (Wildman–Crippen LogP) is 3.31. The van der Waals surface area contributed by atoms with Crippen LogP contribution in [-0.2, 0) is 6.42 Å². The molecule has 2 atom stereocenters. The van der Waals surface area contributed by atoms with Crippen LogP contribution in [0.15, 0.2) is 24.3 Å². The van der Waals surface area contributed by atoms with Gasteiger partial charge in [0, 0.05) is 17.3 Å². The van der Waals surface area contributed by atoms with Crippen molar-refractivity contribution in [1.82, 2.24) is 4.98 Å². The van der Waals surface area contributed by atoms with Crippen molar-refractivity contribution in [3.8, 4) is 0 Å². The van der Waals surface area contributed by atoms with Gasteiger partial charge < -0.3 is 10.1 Å². The fraction of sp³-hybridized carbons (Fsp3) is 0.375. The summed E-state index contributed by atoms with van der Waals surface area (Å²) in [5.74, 6) is 0.248. The van der Waals surface area contributed by atoms with Crippen molar-refractivity contribution >= 4 is 0 Å². The Balaban J connectivity index is 1.93. The van der Waals surface area contributed by atoms with Gasteiger partial charge in [-0.05, 0) is 49.4 Å². The minimum Gasteiger partial charge on any atom is -0.386 e. The molecular weight excluding hydrogens is 222 g/mol. The Bertz CT molecular complexity index is 597. The maximum atomic E-state index is 10.6. The lowest BCUT2D eigenvalue weighted by atomic mass is 9.73. The van der Waals surface area contributed by atoms with E-state index >= 15 is 0 Å². The van der Waals surface area contributed by atoms with Crippen molar-refractivity contribution in [2.24, 2.45) is 0 Å². The molecule has 1 aromatic heterocycles. The number of hydrogen-bond donors (Lipinski definition) is 2. The van der Waals surface area contributed by atoms with Gasteiger partial charge in [-0.3, -0.25) is 0 Å². The smallest absolute Gasteiger partial charge is 0.101 e. The van der Waals surface area contributed by atoms with Crippen LogP contribution in [-0.4, -0.2) is 10.1 Å². The Morgan fingerprint density at radius 3 is 2.50 bits per heavy atom. The molecule has 2 N–H and O–H groups in total. The molecule has 0 aliphatic heterocycles. The molecule has 0 saturated carbocycles. The van der Waals surface area contributed by atoms with E-state index < -0.39 is 6.10 Å². The number of rotatable bonds is 2. The zero-order chi connectivity index (χ0) is 12.9. The summed E-state index contributed by atoms with van der Waals surface area (Å²) in [5, 5.41) is 10.6. The van der Waals surface area contributed by atoms with E-state index in [9.17, 15) is 5.11 Å². The Kier molecular flexibility index (Phi) is 2.56. The van der Waals surface area contributed by atoms with Gasteiger partial charge in [-0.2, -0.15) is 0 Å². The molecule has 3 rings (SSSR count). The summed E-state index contributed by atoms with van der Waals surface area (Å²) >= 11 is 0. The van der Waals surface area contributed by atoms with Gasteiger partial charge >= 0.3 is 0 Å². The SMILES string of the molecule is Cc1[nH]c(C(O)C2Cc3ccccc32)c(C)c1C. The van der Waals surface area contributed by atoms with Gasteiger partial charge in [-0.25, -0.2) is 0 Å². The average molecular weight is 241 g/mol. The van der Waals surface area contributed by atoms with Crippen LogP contribution in [0.5, 0.6) is 0 Å². The molecule has 0 bridgehead atoms. The molecule has 2 aromatic rings. The number of nitrogens with one attached hydrogen (secondary N) is 1. The third-order valence-electron chi connectivity index (χ3n) is 4.42. The van der Waals surface area contributed by atoms with Crippen molar-refractivity contribution in [1.29, 1.82) is 0 Å². The molecule has 1 aliphatic carbocycles. The monoisotopic (exact) mass is 241 g/mol. The highest BCUT2D eigenvalue weighted by atomic mass is 16.3. The normalized spacial score (nSPS) is 19.2. The molecule has 18 heavy (non-hydrogen) atoms. The van der Waals surface area contributed by atoms with E-state index in [1.807, 2.05) is 0 Å². The van der Waals surface area contributed by atoms with E-state index in [4.69, 9.17) is 0 Å². The molecule has 1 aromatic carbocycles. The first-order chi connectivity index (χ1) is 8.59. The van der Waals surface area contributed by atoms with E-state index in [1.54, 1.807) is 0 Å². The number of benzene rings is 1. The van der Waals surface area contributed by atoms with Gasteiger partial charge in [0.2, 0.25) is 0 Å². The summed E-state index contributed by atoms with van der Waals surface area (Å²) in [5.41, 5.74) is 7.29. The molecule has 1 aliphatic rings. The number of fused-ring (bicyclic) bond motifs is 1. The maximum absolute atomic E-state index is 10.6. The zero-order valence-corrected chi connectivity index (χ0v) is 11.1. The fourth-order valence-corrected chi connectivity index (χ4v) is 2.95. The van der Waals surface area contributed by atoms with Crippen LogP contribution in [0.4, 0.5) is 0 Å². The third kappa shape index (κ3) is 1.52. The highest BCUT2D eigenvalue weighted by Crippen LogP contribution is 2.44. The van der Waals surface area contributed by atoms with E-state index in [-0.39, 0.29) is 5.92 Å². The summed E-state index contributed by atoms with van der Waals surface area (Å²) in [7, 11) is 0. The molecule has 2 nitrogen and oxygen atoms in total. The molecule has 0 spiro atoms.